The maximum Gasteiger partial charge on any atom is 0.407 e. The van der Waals surface area contributed by atoms with E-state index in [0.29, 0.717) is 5.92 Å². The normalized spacial score (nSPS) is 23.4. The highest BCUT2D eigenvalue weighted by atomic mass is 32.1. The number of nitrogens with one attached hydrogen (secondary N) is 1. The Bertz CT molecular complexity index is 451. The molecule has 4 nitrogen and oxygen atoms in total. The molecule has 5 heteroatoms. The molecule has 106 valence electrons. The van der Waals surface area contributed by atoms with Crippen LogP contribution in [0.4, 0.5) is 4.79 Å². The van der Waals surface area contributed by atoms with E-state index in [1.165, 1.54) is 5.01 Å². The SMILES string of the molecule is Cc1csc([C@@H]2CC[C@H](NC(=O)OC(C)(C)C)C2)n1. The minimum absolute atomic E-state index is 0.212. The molecule has 1 aromatic heterocycles. The Hall–Kier alpha value is -1.10. The molecule has 0 saturated heterocycles. The van der Waals surface area contributed by atoms with Crippen molar-refractivity contribution in [2.45, 2.75) is 64.5 Å². The summed E-state index contributed by atoms with van der Waals surface area (Å²) in [7, 11) is 0. The number of ether oxygens (including phenoxy) is 1. The van der Waals surface area contributed by atoms with Crippen LogP contribution in [0.15, 0.2) is 5.38 Å². The highest BCUT2D eigenvalue weighted by Crippen LogP contribution is 2.36. The van der Waals surface area contributed by atoms with Crippen LogP contribution in [-0.4, -0.2) is 22.7 Å². The largest absolute Gasteiger partial charge is 0.444 e. The van der Waals surface area contributed by atoms with Crippen LogP contribution in [0.5, 0.6) is 0 Å². The van der Waals surface area contributed by atoms with Crippen molar-refractivity contribution >= 4 is 17.4 Å². The van der Waals surface area contributed by atoms with Crippen LogP contribution in [0.25, 0.3) is 0 Å². The van der Waals surface area contributed by atoms with E-state index in [0.717, 1.165) is 25.0 Å². The lowest BCUT2D eigenvalue weighted by atomic mass is 10.1. The van der Waals surface area contributed by atoms with Gasteiger partial charge in [0, 0.05) is 23.0 Å². The summed E-state index contributed by atoms with van der Waals surface area (Å²) in [6.07, 6.45) is 2.75. The lowest BCUT2D eigenvalue weighted by Crippen LogP contribution is -2.37. The van der Waals surface area contributed by atoms with Gasteiger partial charge >= 0.3 is 6.09 Å². The lowest BCUT2D eigenvalue weighted by molar-refractivity contribution is 0.0505. The standard InChI is InChI=1S/C14H22N2O2S/c1-9-8-19-12(15-9)10-5-6-11(7-10)16-13(17)18-14(2,3)4/h8,10-11H,5-7H2,1-4H3,(H,16,17)/t10-,11+/m1/s1. The van der Waals surface area contributed by atoms with Crippen LogP contribution in [0.1, 0.15) is 56.7 Å². The average molecular weight is 282 g/mol. The zero-order valence-electron chi connectivity index (χ0n) is 12.0. The van der Waals surface area contributed by atoms with Crippen molar-refractivity contribution in [3.8, 4) is 0 Å². The molecule has 1 saturated carbocycles. The van der Waals surface area contributed by atoms with Crippen LogP contribution in [-0.2, 0) is 4.74 Å². The predicted molar refractivity (Wildman–Crippen MR) is 76.6 cm³/mol. The molecule has 0 aromatic carbocycles. The van der Waals surface area contributed by atoms with Gasteiger partial charge in [0.1, 0.15) is 5.60 Å². The van der Waals surface area contributed by atoms with Crippen molar-refractivity contribution in [1.82, 2.24) is 10.3 Å². The van der Waals surface area contributed by atoms with Gasteiger partial charge in [-0.25, -0.2) is 9.78 Å². The van der Waals surface area contributed by atoms with Gasteiger partial charge in [-0.3, -0.25) is 0 Å². The fraction of sp³-hybridized carbons (Fsp3) is 0.714. The highest BCUT2D eigenvalue weighted by molar-refractivity contribution is 7.09. The zero-order chi connectivity index (χ0) is 14.0. The number of amides is 1. The quantitative estimate of drug-likeness (QED) is 0.901. The zero-order valence-corrected chi connectivity index (χ0v) is 12.8. The number of aromatic nitrogens is 1. The first-order chi connectivity index (χ1) is 8.83. The Labute approximate surface area is 118 Å². The molecule has 0 radical (unpaired) electrons. The molecule has 19 heavy (non-hydrogen) atoms. The summed E-state index contributed by atoms with van der Waals surface area (Å²) >= 11 is 1.72. The molecule has 0 unspecified atom stereocenters. The van der Waals surface area contributed by atoms with E-state index >= 15 is 0 Å². The summed E-state index contributed by atoms with van der Waals surface area (Å²) < 4.78 is 5.28. The number of carbonyl (C=O) groups is 1. The molecule has 0 bridgehead atoms. The summed E-state index contributed by atoms with van der Waals surface area (Å²) in [4.78, 5) is 16.3. The first-order valence-corrected chi connectivity index (χ1v) is 7.63. The summed E-state index contributed by atoms with van der Waals surface area (Å²) in [6, 6.07) is 0.212. The Balaban J connectivity index is 1.84. The van der Waals surface area contributed by atoms with Crippen molar-refractivity contribution in [2.24, 2.45) is 0 Å². The van der Waals surface area contributed by atoms with Crippen LogP contribution in [0, 0.1) is 6.92 Å². The van der Waals surface area contributed by atoms with Gasteiger partial charge in [0.2, 0.25) is 0 Å². The molecular formula is C14H22N2O2S. The molecule has 1 heterocycles. The third kappa shape index (κ3) is 4.20. The molecule has 1 aliphatic rings. The number of hydrogen-bond donors (Lipinski definition) is 1. The van der Waals surface area contributed by atoms with Crippen LogP contribution in [0.2, 0.25) is 0 Å². The number of hydrogen-bond acceptors (Lipinski definition) is 4. The van der Waals surface area contributed by atoms with Gasteiger partial charge in [0.25, 0.3) is 0 Å². The minimum atomic E-state index is -0.436. The summed E-state index contributed by atoms with van der Waals surface area (Å²) in [5.74, 6) is 0.485. The molecule has 1 fully saturated rings. The number of nitrogens with zero attached hydrogens (tertiary/aromatic N) is 1. The van der Waals surface area contributed by atoms with Gasteiger partial charge < -0.3 is 10.1 Å². The molecule has 2 rings (SSSR count). The lowest BCUT2D eigenvalue weighted by Gasteiger charge is -2.21. The maximum absolute atomic E-state index is 11.7. The molecule has 1 amide bonds. The Kier molecular flexibility index (Phi) is 4.13. The molecule has 1 aromatic rings. The highest BCUT2D eigenvalue weighted by Gasteiger charge is 2.29. The van der Waals surface area contributed by atoms with Crippen molar-refractivity contribution in [1.29, 1.82) is 0 Å². The minimum Gasteiger partial charge on any atom is -0.444 e. The number of rotatable bonds is 2. The van der Waals surface area contributed by atoms with E-state index in [-0.39, 0.29) is 12.1 Å². The third-order valence-electron chi connectivity index (χ3n) is 3.14. The second-order valence-electron chi connectivity index (χ2n) is 6.18. The van der Waals surface area contributed by atoms with Gasteiger partial charge in [-0.2, -0.15) is 0 Å². The Morgan fingerprint density at radius 3 is 2.79 bits per heavy atom. The van der Waals surface area contributed by atoms with Gasteiger partial charge in [0.05, 0.1) is 5.01 Å². The topological polar surface area (TPSA) is 51.2 Å². The number of aryl methyl sites for hydroxylation is 1. The predicted octanol–water partition coefficient (Wildman–Crippen LogP) is 3.61. The molecular weight excluding hydrogens is 260 g/mol. The van der Waals surface area contributed by atoms with E-state index in [4.69, 9.17) is 4.74 Å². The van der Waals surface area contributed by atoms with Gasteiger partial charge in [-0.1, -0.05) is 0 Å². The van der Waals surface area contributed by atoms with Crippen LogP contribution < -0.4 is 5.32 Å². The van der Waals surface area contributed by atoms with Crippen LogP contribution >= 0.6 is 11.3 Å². The monoisotopic (exact) mass is 282 g/mol. The van der Waals surface area contributed by atoms with Crippen molar-refractivity contribution in [3.05, 3.63) is 16.1 Å². The average Bonchev–Trinajstić information content (AvgIpc) is 2.83. The number of carbonyl (C=O) groups excluding carboxylic acids is 1. The maximum atomic E-state index is 11.7. The summed E-state index contributed by atoms with van der Waals surface area (Å²) in [6.45, 7) is 7.65. The number of alkyl carbamates (subject to hydrolysis) is 1. The van der Waals surface area contributed by atoms with Crippen molar-refractivity contribution in [2.75, 3.05) is 0 Å². The smallest absolute Gasteiger partial charge is 0.407 e. The second kappa shape index (κ2) is 5.49. The molecule has 1 N–H and O–H groups in total. The molecule has 2 atom stereocenters. The fourth-order valence-corrected chi connectivity index (χ4v) is 3.32. The first kappa shape index (κ1) is 14.3. The summed E-state index contributed by atoms with van der Waals surface area (Å²) in [5, 5.41) is 6.24. The molecule has 0 aliphatic heterocycles. The third-order valence-corrected chi connectivity index (χ3v) is 4.26. The Morgan fingerprint density at radius 1 is 1.47 bits per heavy atom. The van der Waals surface area contributed by atoms with Gasteiger partial charge in [-0.05, 0) is 47.0 Å². The number of thiazole rings is 1. The second-order valence-corrected chi connectivity index (χ2v) is 7.07. The molecule has 1 aliphatic carbocycles. The summed E-state index contributed by atoms with van der Waals surface area (Å²) in [5.41, 5.74) is 0.651. The van der Waals surface area contributed by atoms with E-state index < -0.39 is 5.60 Å². The van der Waals surface area contributed by atoms with E-state index in [2.05, 4.69) is 15.7 Å². The van der Waals surface area contributed by atoms with E-state index in [1.54, 1.807) is 11.3 Å². The van der Waals surface area contributed by atoms with Crippen molar-refractivity contribution < 1.29 is 9.53 Å². The van der Waals surface area contributed by atoms with Gasteiger partial charge in [0.15, 0.2) is 0 Å². The van der Waals surface area contributed by atoms with E-state index in [9.17, 15) is 4.79 Å². The Morgan fingerprint density at radius 2 is 2.21 bits per heavy atom. The molecule has 0 spiro atoms. The van der Waals surface area contributed by atoms with E-state index in [1.807, 2.05) is 27.7 Å². The fourth-order valence-electron chi connectivity index (χ4n) is 2.37. The van der Waals surface area contributed by atoms with Crippen LogP contribution in [0.3, 0.4) is 0 Å². The first-order valence-electron chi connectivity index (χ1n) is 6.75. The van der Waals surface area contributed by atoms with Crippen molar-refractivity contribution in [3.63, 3.8) is 0 Å². The van der Waals surface area contributed by atoms with Gasteiger partial charge in [-0.15, -0.1) is 11.3 Å².